The minimum Gasteiger partial charge on any atom is -0.394 e. The van der Waals surface area contributed by atoms with Crippen LogP contribution >= 0.6 is 0 Å². The summed E-state index contributed by atoms with van der Waals surface area (Å²) in [7, 11) is 0. The Bertz CT molecular complexity index is 1060. The number of rotatable bonds is 47. The van der Waals surface area contributed by atoms with Gasteiger partial charge >= 0.3 is 0 Å². The molecule has 1 saturated heterocycles. The molecule has 0 bridgehead atoms. The molecule has 1 rings (SSSR count). The fourth-order valence-electron chi connectivity index (χ4n) is 9.03. The average Bonchev–Trinajstić information content (AvgIpc) is 3.31. The largest absolute Gasteiger partial charge is 0.394 e. The van der Waals surface area contributed by atoms with Crippen molar-refractivity contribution in [2.75, 3.05) is 13.2 Å². The van der Waals surface area contributed by atoms with Crippen LogP contribution in [0.5, 0.6) is 0 Å². The number of unbranched alkanes of at least 4 members (excludes halogenated alkanes) is 33. The van der Waals surface area contributed by atoms with Crippen molar-refractivity contribution < 1.29 is 50.0 Å². The zero-order valence-electron chi connectivity index (χ0n) is 42.0. The van der Waals surface area contributed by atoms with Gasteiger partial charge in [0.05, 0.1) is 25.4 Å². The summed E-state index contributed by atoms with van der Waals surface area (Å²) >= 11 is 0. The Morgan fingerprint density at radius 2 is 0.908 bits per heavy atom. The maximum absolute atomic E-state index is 13.1. The molecule has 0 aliphatic carbocycles. The van der Waals surface area contributed by atoms with Crippen LogP contribution in [0.2, 0.25) is 0 Å². The average molecular weight is 928 g/mol. The molecule has 0 radical (unpaired) electrons. The second kappa shape index (κ2) is 44.1. The van der Waals surface area contributed by atoms with Crippen LogP contribution in [0.15, 0.2) is 12.2 Å². The van der Waals surface area contributed by atoms with E-state index in [1.165, 1.54) is 180 Å². The van der Waals surface area contributed by atoms with Gasteiger partial charge in [-0.2, -0.15) is 0 Å². The van der Waals surface area contributed by atoms with Crippen LogP contribution in [0, 0.1) is 0 Å². The van der Waals surface area contributed by atoms with Gasteiger partial charge in [0.25, 0.3) is 0 Å². The molecule has 11 heteroatoms. The summed E-state index contributed by atoms with van der Waals surface area (Å²) in [5, 5.41) is 75.9. The van der Waals surface area contributed by atoms with Crippen LogP contribution in [-0.4, -0.2) is 110 Å². The number of carbonyl (C=O) groups is 1. The number of aliphatic hydroxyl groups excluding tert-OH is 7. The molecule has 1 fully saturated rings. The van der Waals surface area contributed by atoms with Gasteiger partial charge < -0.3 is 50.5 Å². The molecule has 0 spiro atoms. The molecule has 0 aromatic heterocycles. The topological polar surface area (TPSA) is 189 Å². The van der Waals surface area contributed by atoms with E-state index in [-0.39, 0.29) is 12.8 Å². The Morgan fingerprint density at radius 3 is 1.32 bits per heavy atom. The first kappa shape index (κ1) is 61.9. The van der Waals surface area contributed by atoms with Crippen molar-refractivity contribution in [3.63, 3.8) is 0 Å². The van der Waals surface area contributed by atoms with E-state index < -0.39 is 74.2 Å². The van der Waals surface area contributed by atoms with Gasteiger partial charge in [0, 0.05) is 0 Å². The van der Waals surface area contributed by atoms with Crippen LogP contribution in [-0.2, 0) is 14.3 Å². The molecule has 0 saturated carbocycles. The second-order valence-electron chi connectivity index (χ2n) is 19.7. The molecule has 8 N–H and O–H groups in total. The summed E-state index contributed by atoms with van der Waals surface area (Å²) in [5.74, 6) is -0.702. The Kier molecular flexibility index (Phi) is 42.0. The van der Waals surface area contributed by atoms with Crippen molar-refractivity contribution in [3.8, 4) is 0 Å². The standard InChI is InChI=1S/C54H105NO10/c1-3-5-7-9-11-13-15-17-19-20-21-22-23-24-25-26-28-30-32-34-36-38-40-42-47(58)53(63)55-45(44-64-54-52(62)51(61)50(60)48(43-56)65-54)49(59)46(57)41-39-37-35-33-31-29-27-18-16-14-12-10-8-6-4-2/h33,35,45-52,54,56-62H,3-32,34,36-44H2,1-2H3,(H,55,63)/b35-33+. The van der Waals surface area contributed by atoms with Gasteiger partial charge in [-0.15, -0.1) is 0 Å². The van der Waals surface area contributed by atoms with Crippen molar-refractivity contribution in [1.29, 1.82) is 0 Å². The quantitative estimate of drug-likeness (QED) is 0.0215. The minimum atomic E-state index is -1.66. The molecule has 65 heavy (non-hydrogen) atoms. The minimum absolute atomic E-state index is 0.259. The molecule has 9 unspecified atom stereocenters. The van der Waals surface area contributed by atoms with Crippen molar-refractivity contribution in [2.45, 2.75) is 313 Å². The number of aliphatic hydroxyl groups is 7. The summed E-state index contributed by atoms with van der Waals surface area (Å²) in [6.07, 6.45) is 38.4. The van der Waals surface area contributed by atoms with Crippen LogP contribution < -0.4 is 5.32 Å². The molecule has 11 nitrogen and oxygen atoms in total. The van der Waals surface area contributed by atoms with Crippen LogP contribution in [0.3, 0.4) is 0 Å². The number of allylic oxidation sites excluding steroid dienone is 2. The third kappa shape index (κ3) is 33.1. The Hall–Kier alpha value is -1.15. The number of amides is 1. The van der Waals surface area contributed by atoms with Crippen molar-refractivity contribution >= 4 is 5.91 Å². The predicted octanol–water partition coefficient (Wildman–Crippen LogP) is 10.8. The van der Waals surface area contributed by atoms with E-state index in [1.54, 1.807) is 0 Å². The number of carbonyl (C=O) groups excluding carboxylic acids is 1. The van der Waals surface area contributed by atoms with E-state index in [0.29, 0.717) is 12.8 Å². The first-order valence-corrected chi connectivity index (χ1v) is 27.6. The van der Waals surface area contributed by atoms with Crippen LogP contribution in [0.4, 0.5) is 0 Å². The van der Waals surface area contributed by atoms with E-state index >= 15 is 0 Å². The van der Waals surface area contributed by atoms with E-state index in [2.05, 4.69) is 31.3 Å². The SMILES string of the molecule is CCCCCCCCCCCC/C=C/CCCC(O)C(O)C(COC1OC(CO)C(O)C(O)C1O)NC(=O)C(O)CCCCCCCCCCCCCCCCCCCCCCCCC. The molecule has 386 valence electrons. The molecular weight excluding hydrogens is 823 g/mol. The lowest BCUT2D eigenvalue weighted by Gasteiger charge is -2.40. The van der Waals surface area contributed by atoms with Crippen molar-refractivity contribution in [3.05, 3.63) is 12.2 Å². The lowest BCUT2D eigenvalue weighted by Crippen LogP contribution is -2.60. The number of hydrogen-bond acceptors (Lipinski definition) is 10. The molecule has 9 atom stereocenters. The fraction of sp³-hybridized carbons (Fsp3) is 0.944. The Morgan fingerprint density at radius 1 is 0.523 bits per heavy atom. The van der Waals surface area contributed by atoms with Gasteiger partial charge in [-0.3, -0.25) is 4.79 Å². The second-order valence-corrected chi connectivity index (χ2v) is 19.7. The van der Waals surface area contributed by atoms with Gasteiger partial charge in [0.1, 0.15) is 36.6 Å². The molecule has 0 aromatic rings. The zero-order chi connectivity index (χ0) is 47.6. The van der Waals surface area contributed by atoms with Crippen LogP contribution in [0.25, 0.3) is 0 Å². The van der Waals surface area contributed by atoms with Crippen molar-refractivity contribution in [2.24, 2.45) is 0 Å². The highest BCUT2D eigenvalue weighted by molar-refractivity contribution is 5.80. The maximum Gasteiger partial charge on any atom is 0.249 e. The van der Waals surface area contributed by atoms with E-state index in [1.807, 2.05) is 0 Å². The number of ether oxygens (including phenoxy) is 2. The lowest BCUT2D eigenvalue weighted by atomic mass is 9.98. The molecule has 1 aliphatic rings. The molecular formula is C54H105NO10. The molecule has 0 aromatic carbocycles. The number of hydrogen-bond donors (Lipinski definition) is 8. The molecule has 1 aliphatic heterocycles. The first-order valence-electron chi connectivity index (χ1n) is 27.6. The van der Waals surface area contributed by atoms with Crippen molar-refractivity contribution in [1.82, 2.24) is 5.32 Å². The summed E-state index contributed by atoms with van der Waals surface area (Å²) < 4.78 is 11.1. The first-order chi connectivity index (χ1) is 31.7. The smallest absolute Gasteiger partial charge is 0.249 e. The van der Waals surface area contributed by atoms with Gasteiger partial charge in [-0.05, 0) is 38.5 Å². The van der Waals surface area contributed by atoms with E-state index in [9.17, 15) is 40.5 Å². The molecule has 1 amide bonds. The van der Waals surface area contributed by atoms with Gasteiger partial charge in [0.2, 0.25) is 5.91 Å². The lowest BCUT2D eigenvalue weighted by molar-refractivity contribution is -0.303. The summed E-state index contributed by atoms with van der Waals surface area (Å²) in [6.45, 7) is 3.46. The highest BCUT2D eigenvalue weighted by Gasteiger charge is 2.44. The monoisotopic (exact) mass is 928 g/mol. The predicted molar refractivity (Wildman–Crippen MR) is 266 cm³/mol. The number of nitrogens with one attached hydrogen (secondary N) is 1. The van der Waals surface area contributed by atoms with Gasteiger partial charge in [-0.25, -0.2) is 0 Å². The van der Waals surface area contributed by atoms with E-state index in [0.717, 1.165) is 38.5 Å². The summed E-state index contributed by atoms with van der Waals surface area (Å²) in [6, 6.07) is -1.18. The van der Waals surface area contributed by atoms with Crippen LogP contribution in [0.1, 0.15) is 258 Å². The third-order valence-electron chi connectivity index (χ3n) is 13.6. The summed E-state index contributed by atoms with van der Waals surface area (Å²) in [4.78, 5) is 13.1. The summed E-state index contributed by atoms with van der Waals surface area (Å²) in [5.41, 5.74) is 0. The highest BCUT2D eigenvalue weighted by Crippen LogP contribution is 2.23. The normalized spacial score (nSPS) is 20.9. The zero-order valence-corrected chi connectivity index (χ0v) is 42.0. The molecule has 1 heterocycles. The van der Waals surface area contributed by atoms with Gasteiger partial charge in [-0.1, -0.05) is 231 Å². The van der Waals surface area contributed by atoms with Gasteiger partial charge in [0.15, 0.2) is 6.29 Å². The third-order valence-corrected chi connectivity index (χ3v) is 13.6. The highest BCUT2D eigenvalue weighted by atomic mass is 16.7. The Labute approximate surface area is 398 Å². The fourth-order valence-corrected chi connectivity index (χ4v) is 9.03. The van der Waals surface area contributed by atoms with E-state index in [4.69, 9.17) is 9.47 Å². The maximum atomic E-state index is 13.1. The Balaban J connectivity index is 2.32.